The SMILES string of the molecule is CC(C)(O)Cn1cc(-c2ncnc3oc(C4=CNCCC4)cc23)c(-c2ccc(F)cc2)n1. The molecule has 0 aliphatic carbocycles. The number of nitrogens with one attached hydrogen (secondary N) is 1. The van der Waals surface area contributed by atoms with Gasteiger partial charge in [-0.05, 0) is 57.0 Å². The van der Waals surface area contributed by atoms with E-state index in [-0.39, 0.29) is 5.82 Å². The summed E-state index contributed by atoms with van der Waals surface area (Å²) >= 11 is 0. The third-order valence-corrected chi connectivity index (χ3v) is 5.37. The van der Waals surface area contributed by atoms with E-state index in [2.05, 4.69) is 15.3 Å². The first-order valence-corrected chi connectivity index (χ1v) is 10.6. The molecule has 5 rings (SSSR count). The van der Waals surface area contributed by atoms with Crippen LogP contribution in [0.15, 0.2) is 53.5 Å². The molecular formula is C24H24FN5O2. The van der Waals surface area contributed by atoms with Gasteiger partial charge in [0.25, 0.3) is 0 Å². The van der Waals surface area contributed by atoms with Gasteiger partial charge in [-0.25, -0.2) is 14.4 Å². The molecule has 1 aromatic carbocycles. The number of furan rings is 1. The topological polar surface area (TPSA) is 89.0 Å². The maximum absolute atomic E-state index is 13.5. The summed E-state index contributed by atoms with van der Waals surface area (Å²) in [6.45, 7) is 4.70. The van der Waals surface area contributed by atoms with Crippen molar-refractivity contribution in [3.05, 3.63) is 60.6 Å². The molecule has 0 bridgehead atoms. The van der Waals surface area contributed by atoms with Crippen LogP contribution in [0.4, 0.5) is 4.39 Å². The Kier molecular flexibility index (Phi) is 5.01. The van der Waals surface area contributed by atoms with Crippen LogP contribution in [0.1, 0.15) is 32.4 Å². The van der Waals surface area contributed by atoms with Gasteiger partial charge in [-0.3, -0.25) is 4.68 Å². The molecule has 7 nitrogen and oxygen atoms in total. The minimum absolute atomic E-state index is 0.296. The Morgan fingerprint density at radius 3 is 2.72 bits per heavy atom. The molecule has 0 saturated carbocycles. The molecule has 0 atom stereocenters. The number of fused-ring (bicyclic) bond motifs is 1. The lowest BCUT2D eigenvalue weighted by Gasteiger charge is -2.16. The van der Waals surface area contributed by atoms with E-state index >= 15 is 0 Å². The van der Waals surface area contributed by atoms with E-state index in [9.17, 15) is 9.50 Å². The second kappa shape index (κ2) is 7.87. The monoisotopic (exact) mass is 433 g/mol. The number of rotatable bonds is 5. The van der Waals surface area contributed by atoms with Crippen LogP contribution >= 0.6 is 0 Å². The van der Waals surface area contributed by atoms with Gasteiger partial charge in [0, 0.05) is 35.6 Å². The number of aliphatic hydroxyl groups is 1. The van der Waals surface area contributed by atoms with E-state index in [4.69, 9.17) is 9.52 Å². The third-order valence-electron chi connectivity index (χ3n) is 5.37. The van der Waals surface area contributed by atoms with Crippen molar-refractivity contribution in [3.63, 3.8) is 0 Å². The van der Waals surface area contributed by atoms with Crippen LogP contribution in [0.3, 0.4) is 0 Å². The number of nitrogens with zero attached hydrogens (tertiary/aromatic N) is 4. The van der Waals surface area contributed by atoms with Gasteiger partial charge in [-0.1, -0.05) is 0 Å². The highest BCUT2D eigenvalue weighted by molar-refractivity contribution is 5.95. The van der Waals surface area contributed by atoms with E-state index in [1.807, 2.05) is 18.5 Å². The summed E-state index contributed by atoms with van der Waals surface area (Å²) in [7, 11) is 0. The lowest BCUT2D eigenvalue weighted by atomic mass is 10.0. The summed E-state index contributed by atoms with van der Waals surface area (Å²) in [5, 5.41) is 19.0. The van der Waals surface area contributed by atoms with Crippen LogP contribution < -0.4 is 5.32 Å². The molecule has 0 amide bonds. The number of allylic oxidation sites excluding steroid dienone is 1. The van der Waals surface area contributed by atoms with Crippen molar-refractivity contribution < 1.29 is 13.9 Å². The predicted molar refractivity (Wildman–Crippen MR) is 120 cm³/mol. The normalized spacial score (nSPS) is 14.4. The summed E-state index contributed by atoms with van der Waals surface area (Å²) in [5.74, 6) is 0.450. The van der Waals surface area contributed by atoms with E-state index in [1.54, 1.807) is 30.7 Å². The van der Waals surface area contributed by atoms with Crippen molar-refractivity contribution in [3.8, 4) is 22.5 Å². The fraction of sp³-hybridized carbons (Fsp3) is 0.292. The average Bonchev–Trinajstić information content (AvgIpc) is 3.38. The molecule has 4 heterocycles. The van der Waals surface area contributed by atoms with Gasteiger partial charge < -0.3 is 14.8 Å². The standard InChI is InChI=1S/C24H24FN5O2/c1-24(2,31)13-30-12-19(21(29-30)15-5-7-17(25)8-6-15)22-18-10-20(16-4-3-9-26-11-16)32-23(18)28-14-27-22/h5-8,10-12,14,26,31H,3-4,9,13H2,1-2H3. The van der Waals surface area contributed by atoms with Gasteiger partial charge in [-0.15, -0.1) is 0 Å². The third kappa shape index (κ3) is 4.01. The van der Waals surface area contributed by atoms with Crippen molar-refractivity contribution >= 4 is 16.7 Å². The molecule has 164 valence electrons. The Labute approximate surface area is 184 Å². The van der Waals surface area contributed by atoms with Crippen molar-refractivity contribution in [1.82, 2.24) is 25.1 Å². The number of hydrogen-bond donors (Lipinski definition) is 2. The van der Waals surface area contributed by atoms with Crippen LogP contribution in [0, 0.1) is 5.82 Å². The fourth-order valence-electron chi connectivity index (χ4n) is 3.96. The second-order valence-electron chi connectivity index (χ2n) is 8.69. The maximum atomic E-state index is 13.5. The molecule has 1 aliphatic rings. The lowest BCUT2D eigenvalue weighted by Crippen LogP contribution is -2.26. The van der Waals surface area contributed by atoms with Gasteiger partial charge in [0.15, 0.2) is 0 Å². The first-order chi connectivity index (χ1) is 15.4. The summed E-state index contributed by atoms with van der Waals surface area (Å²) in [6, 6.07) is 8.15. The van der Waals surface area contributed by atoms with Gasteiger partial charge in [-0.2, -0.15) is 5.10 Å². The zero-order chi connectivity index (χ0) is 22.3. The summed E-state index contributed by atoms with van der Waals surface area (Å²) in [4.78, 5) is 8.87. The minimum atomic E-state index is -0.951. The first kappa shape index (κ1) is 20.4. The molecule has 1 aliphatic heterocycles. The molecule has 0 saturated heterocycles. The molecule has 2 N–H and O–H groups in total. The molecule has 0 unspecified atom stereocenters. The minimum Gasteiger partial charge on any atom is -0.438 e. The Morgan fingerprint density at radius 1 is 1.19 bits per heavy atom. The highest BCUT2D eigenvalue weighted by atomic mass is 19.1. The maximum Gasteiger partial charge on any atom is 0.230 e. The summed E-state index contributed by atoms with van der Waals surface area (Å²) in [5.41, 5.74) is 3.48. The van der Waals surface area contributed by atoms with Crippen LogP contribution in [0.2, 0.25) is 0 Å². The fourth-order valence-corrected chi connectivity index (χ4v) is 3.96. The number of hydrogen-bond acceptors (Lipinski definition) is 6. The molecule has 8 heteroatoms. The van der Waals surface area contributed by atoms with Gasteiger partial charge in [0.05, 0.1) is 23.2 Å². The lowest BCUT2D eigenvalue weighted by molar-refractivity contribution is 0.0578. The van der Waals surface area contributed by atoms with Crippen molar-refractivity contribution in [2.45, 2.75) is 38.8 Å². The van der Waals surface area contributed by atoms with E-state index in [0.29, 0.717) is 23.6 Å². The van der Waals surface area contributed by atoms with Crippen molar-refractivity contribution in [2.24, 2.45) is 0 Å². The Bertz CT molecular complexity index is 1300. The first-order valence-electron chi connectivity index (χ1n) is 10.6. The zero-order valence-electron chi connectivity index (χ0n) is 18.0. The number of halogens is 1. The second-order valence-corrected chi connectivity index (χ2v) is 8.69. The molecule has 0 radical (unpaired) electrons. The van der Waals surface area contributed by atoms with Crippen LogP contribution in [0.25, 0.3) is 39.2 Å². The van der Waals surface area contributed by atoms with Crippen LogP contribution in [-0.4, -0.2) is 37.0 Å². The number of aromatic nitrogens is 4. The van der Waals surface area contributed by atoms with Crippen molar-refractivity contribution in [2.75, 3.05) is 6.54 Å². The van der Waals surface area contributed by atoms with E-state index in [1.165, 1.54) is 18.5 Å². The quantitative estimate of drug-likeness (QED) is 0.485. The average molecular weight is 433 g/mol. The van der Waals surface area contributed by atoms with Gasteiger partial charge >= 0.3 is 0 Å². The van der Waals surface area contributed by atoms with Gasteiger partial charge in [0.2, 0.25) is 5.71 Å². The van der Waals surface area contributed by atoms with Crippen LogP contribution in [0.5, 0.6) is 0 Å². The van der Waals surface area contributed by atoms with E-state index < -0.39 is 5.60 Å². The van der Waals surface area contributed by atoms with E-state index in [0.717, 1.165) is 47.2 Å². The summed E-state index contributed by atoms with van der Waals surface area (Å²) in [6.07, 6.45) is 7.28. The zero-order valence-corrected chi connectivity index (χ0v) is 18.0. The highest BCUT2D eigenvalue weighted by Crippen LogP contribution is 2.36. The molecule has 32 heavy (non-hydrogen) atoms. The highest BCUT2D eigenvalue weighted by Gasteiger charge is 2.22. The predicted octanol–water partition coefficient (Wildman–Crippen LogP) is 4.39. The smallest absolute Gasteiger partial charge is 0.230 e. The summed E-state index contributed by atoms with van der Waals surface area (Å²) < 4.78 is 21.3. The van der Waals surface area contributed by atoms with Gasteiger partial charge in [0.1, 0.15) is 23.6 Å². The Balaban J connectivity index is 1.67. The molecular weight excluding hydrogens is 409 g/mol. The largest absolute Gasteiger partial charge is 0.438 e. The molecule has 4 aromatic rings. The molecule has 3 aromatic heterocycles. The van der Waals surface area contributed by atoms with Crippen LogP contribution in [-0.2, 0) is 6.54 Å². The molecule has 0 spiro atoms. The number of benzene rings is 1. The molecule has 0 fully saturated rings. The van der Waals surface area contributed by atoms with Crippen molar-refractivity contribution in [1.29, 1.82) is 0 Å². The Morgan fingerprint density at radius 2 is 2.00 bits per heavy atom. The Hall–Kier alpha value is -3.52.